The van der Waals surface area contributed by atoms with Gasteiger partial charge in [0.1, 0.15) is 5.60 Å². The summed E-state index contributed by atoms with van der Waals surface area (Å²) < 4.78 is 5.28. The van der Waals surface area contributed by atoms with Crippen molar-refractivity contribution in [1.29, 1.82) is 0 Å². The van der Waals surface area contributed by atoms with Gasteiger partial charge in [0.15, 0.2) is 0 Å². The van der Waals surface area contributed by atoms with E-state index in [1.807, 2.05) is 55.5 Å². The van der Waals surface area contributed by atoms with Crippen LogP contribution in [0.1, 0.15) is 18.9 Å². The molecule has 0 amide bonds. The van der Waals surface area contributed by atoms with Crippen molar-refractivity contribution in [2.75, 3.05) is 0 Å². The Kier molecular flexibility index (Phi) is 2.91. The van der Waals surface area contributed by atoms with Crippen LogP contribution < -0.4 is 0 Å². The number of hydrogen-bond acceptors (Lipinski definition) is 2. The molecule has 1 atom stereocenters. The number of rotatable bonds is 2. The van der Waals surface area contributed by atoms with E-state index < -0.39 is 5.60 Å². The quantitative estimate of drug-likeness (QED) is 0.707. The van der Waals surface area contributed by atoms with Crippen molar-refractivity contribution in [3.05, 3.63) is 54.1 Å². The van der Waals surface area contributed by atoms with Gasteiger partial charge in [-0.05, 0) is 18.6 Å². The summed E-state index contributed by atoms with van der Waals surface area (Å²) in [6.45, 7) is 1.91. The van der Waals surface area contributed by atoms with E-state index in [1.165, 1.54) is 6.08 Å². The molecule has 2 rings (SSSR count). The molecular weight excluding hydrogens is 200 g/mol. The number of ether oxygens (including phenoxy) is 1. The molecule has 16 heavy (non-hydrogen) atoms. The summed E-state index contributed by atoms with van der Waals surface area (Å²) >= 11 is 0. The molecule has 0 saturated carbocycles. The predicted molar refractivity (Wildman–Crippen MR) is 63.7 cm³/mol. The fourth-order valence-electron chi connectivity index (χ4n) is 1.63. The first-order chi connectivity index (χ1) is 7.68. The number of hydrogen-bond donors (Lipinski definition) is 0. The molecule has 1 aliphatic rings. The van der Waals surface area contributed by atoms with Crippen molar-refractivity contribution in [2.24, 2.45) is 0 Å². The number of benzene rings is 1. The van der Waals surface area contributed by atoms with Gasteiger partial charge in [0, 0.05) is 12.5 Å². The van der Waals surface area contributed by atoms with Crippen molar-refractivity contribution in [3.63, 3.8) is 0 Å². The van der Waals surface area contributed by atoms with Crippen LogP contribution in [0.15, 0.2) is 48.6 Å². The van der Waals surface area contributed by atoms with Crippen LogP contribution in [0.4, 0.5) is 0 Å². The second-order valence-electron chi connectivity index (χ2n) is 4.08. The third-order valence-electron chi connectivity index (χ3n) is 2.54. The van der Waals surface area contributed by atoms with Crippen LogP contribution in [-0.2, 0) is 9.53 Å². The summed E-state index contributed by atoms with van der Waals surface area (Å²) in [5, 5.41) is 0. The standard InChI is InChI=1S/C14H14O2/c1-14(10-5-8-13(15)16-14)11-9-12-6-3-2-4-7-12/h2-9,11H,10H2,1H3/b11-9+/t14-/m1/s1. The van der Waals surface area contributed by atoms with Crippen molar-refractivity contribution in [3.8, 4) is 0 Å². The normalized spacial score (nSPS) is 24.7. The van der Waals surface area contributed by atoms with Gasteiger partial charge in [-0.2, -0.15) is 0 Å². The Hall–Kier alpha value is -1.83. The van der Waals surface area contributed by atoms with E-state index in [1.54, 1.807) is 0 Å². The number of esters is 1. The minimum Gasteiger partial charge on any atom is -0.452 e. The molecule has 0 unspecified atom stereocenters. The lowest BCUT2D eigenvalue weighted by Crippen LogP contribution is -2.30. The molecule has 1 aromatic carbocycles. The van der Waals surface area contributed by atoms with Crippen molar-refractivity contribution < 1.29 is 9.53 Å². The van der Waals surface area contributed by atoms with Gasteiger partial charge in [0.05, 0.1) is 0 Å². The van der Waals surface area contributed by atoms with Crippen molar-refractivity contribution in [1.82, 2.24) is 0 Å². The molecule has 0 fully saturated rings. The Labute approximate surface area is 95.2 Å². The molecule has 2 nitrogen and oxygen atoms in total. The predicted octanol–water partition coefficient (Wildman–Crippen LogP) is 2.96. The molecule has 82 valence electrons. The molecule has 1 aliphatic heterocycles. The fraction of sp³-hybridized carbons (Fsp3) is 0.214. The monoisotopic (exact) mass is 214 g/mol. The van der Waals surface area contributed by atoms with Gasteiger partial charge in [-0.3, -0.25) is 0 Å². The molecule has 1 aromatic rings. The first-order valence-electron chi connectivity index (χ1n) is 5.32. The number of carbonyl (C=O) groups is 1. The van der Waals surface area contributed by atoms with Gasteiger partial charge in [0.2, 0.25) is 0 Å². The average Bonchev–Trinajstić information content (AvgIpc) is 2.28. The Morgan fingerprint density at radius 1 is 1.31 bits per heavy atom. The number of cyclic esters (lactones) is 1. The van der Waals surface area contributed by atoms with Crippen LogP contribution >= 0.6 is 0 Å². The van der Waals surface area contributed by atoms with E-state index in [4.69, 9.17) is 4.74 Å². The van der Waals surface area contributed by atoms with Crippen LogP contribution in [0.3, 0.4) is 0 Å². The van der Waals surface area contributed by atoms with E-state index in [0.29, 0.717) is 0 Å². The van der Waals surface area contributed by atoms with Crippen LogP contribution in [0.2, 0.25) is 0 Å². The highest BCUT2D eigenvalue weighted by Gasteiger charge is 2.26. The van der Waals surface area contributed by atoms with E-state index in [0.717, 1.165) is 12.0 Å². The third-order valence-corrected chi connectivity index (χ3v) is 2.54. The highest BCUT2D eigenvalue weighted by molar-refractivity contribution is 5.83. The lowest BCUT2D eigenvalue weighted by molar-refractivity contribution is -0.148. The van der Waals surface area contributed by atoms with Crippen LogP contribution in [0, 0.1) is 0 Å². The average molecular weight is 214 g/mol. The zero-order chi connectivity index (χ0) is 11.4. The Bertz CT molecular complexity index is 431. The summed E-state index contributed by atoms with van der Waals surface area (Å²) in [7, 11) is 0. The van der Waals surface area contributed by atoms with Gasteiger partial charge in [-0.15, -0.1) is 0 Å². The fourth-order valence-corrected chi connectivity index (χ4v) is 1.63. The van der Waals surface area contributed by atoms with Gasteiger partial charge in [-0.25, -0.2) is 4.79 Å². The second-order valence-corrected chi connectivity index (χ2v) is 4.08. The first kappa shape index (κ1) is 10.7. The maximum atomic E-state index is 11.1. The summed E-state index contributed by atoms with van der Waals surface area (Å²) in [6, 6.07) is 9.96. The molecular formula is C14H14O2. The molecule has 0 aliphatic carbocycles. The zero-order valence-corrected chi connectivity index (χ0v) is 9.22. The topological polar surface area (TPSA) is 26.3 Å². The molecule has 0 aromatic heterocycles. The SMILES string of the molecule is C[C@]1(/C=C/c2ccccc2)CC=CC(=O)O1. The van der Waals surface area contributed by atoms with E-state index in [-0.39, 0.29) is 5.97 Å². The summed E-state index contributed by atoms with van der Waals surface area (Å²) in [5.41, 5.74) is 0.594. The highest BCUT2D eigenvalue weighted by atomic mass is 16.6. The Morgan fingerprint density at radius 3 is 2.75 bits per heavy atom. The van der Waals surface area contributed by atoms with E-state index in [9.17, 15) is 4.79 Å². The lowest BCUT2D eigenvalue weighted by Gasteiger charge is -2.27. The molecule has 2 heteroatoms. The maximum Gasteiger partial charge on any atom is 0.331 e. The van der Waals surface area contributed by atoms with Gasteiger partial charge in [-0.1, -0.05) is 42.5 Å². The minimum absolute atomic E-state index is 0.272. The van der Waals surface area contributed by atoms with Crippen LogP contribution in [0.5, 0.6) is 0 Å². The van der Waals surface area contributed by atoms with Crippen molar-refractivity contribution >= 4 is 12.0 Å². The molecule has 0 saturated heterocycles. The van der Waals surface area contributed by atoms with Crippen molar-refractivity contribution in [2.45, 2.75) is 18.9 Å². The summed E-state index contributed by atoms with van der Waals surface area (Å²) in [4.78, 5) is 11.1. The Balaban J connectivity index is 2.12. The van der Waals surface area contributed by atoms with Crippen LogP contribution in [0.25, 0.3) is 6.08 Å². The lowest BCUT2D eigenvalue weighted by atomic mass is 9.98. The molecule has 0 N–H and O–H groups in total. The number of carbonyl (C=O) groups excluding carboxylic acids is 1. The second kappa shape index (κ2) is 4.35. The van der Waals surface area contributed by atoms with E-state index >= 15 is 0 Å². The zero-order valence-electron chi connectivity index (χ0n) is 9.22. The third kappa shape index (κ3) is 2.60. The smallest absolute Gasteiger partial charge is 0.331 e. The highest BCUT2D eigenvalue weighted by Crippen LogP contribution is 2.23. The molecule has 0 spiro atoms. The Morgan fingerprint density at radius 2 is 2.06 bits per heavy atom. The van der Waals surface area contributed by atoms with Crippen LogP contribution in [-0.4, -0.2) is 11.6 Å². The van der Waals surface area contributed by atoms with E-state index in [2.05, 4.69) is 0 Å². The summed E-state index contributed by atoms with van der Waals surface area (Å²) in [5.74, 6) is -0.272. The molecule has 0 radical (unpaired) electrons. The minimum atomic E-state index is -0.512. The van der Waals surface area contributed by atoms with Gasteiger partial charge in [0.25, 0.3) is 0 Å². The largest absolute Gasteiger partial charge is 0.452 e. The van der Waals surface area contributed by atoms with Gasteiger partial charge >= 0.3 is 5.97 Å². The first-order valence-corrected chi connectivity index (χ1v) is 5.32. The molecule has 1 heterocycles. The maximum absolute atomic E-state index is 11.1. The summed E-state index contributed by atoms with van der Waals surface area (Å²) in [6.07, 6.45) is 7.96. The molecule has 0 bridgehead atoms. The van der Waals surface area contributed by atoms with Gasteiger partial charge < -0.3 is 4.74 Å².